The molecule has 1 aromatic heterocycles. The molecule has 12 heteroatoms. The normalized spacial score (nSPS) is 23.3. The SMILES string of the molecule is C=Nc1nc(C(=N)NC(=O)O)nc(N[C@H](C)C2CCC2)c1N(CC1CCC(C)CC1)CN1CCOCC1c1ccc(Cl)cc1. The van der Waals surface area contributed by atoms with Crippen molar-refractivity contribution in [1.29, 1.82) is 5.41 Å². The summed E-state index contributed by atoms with van der Waals surface area (Å²) in [5, 5.41) is 24.0. The number of carbonyl (C=O) groups is 1. The van der Waals surface area contributed by atoms with Gasteiger partial charge in [0.15, 0.2) is 23.3 Å². The lowest BCUT2D eigenvalue weighted by molar-refractivity contribution is -0.00869. The van der Waals surface area contributed by atoms with Crippen molar-refractivity contribution in [3.63, 3.8) is 0 Å². The first kappa shape index (κ1) is 32.1. The number of amidine groups is 1. The highest BCUT2D eigenvalue weighted by Gasteiger charge is 2.33. The number of nitrogens with one attached hydrogen (secondary N) is 3. The fraction of sp³-hybridized carbons (Fsp3) is 0.594. The summed E-state index contributed by atoms with van der Waals surface area (Å²) in [5.74, 6) is 2.16. The zero-order valence-corrected chi connectivity index (χ0v) is 26.5. The Labute approximate surface area is 265 Å². The van der Waals surface area contributed by atoms with Crippen LogP contribution in [0.25, 0.3) is 0 Å². The highest BCUT2D eigenvalue weighted by molar-refractivity contribution is 6.30. The molecule has 11 nitrogen and oxygen atoms in total. The fourth-order valence-corrected chi connectivity index (χ4v) is 6.68. The average molecular weight is 625 g/mol. The van der Waals surface area contributed by atoms with Crippen LogP contribution >= 0.6 is 11.6 Å². The van der Waals surface area contributed by atoms with Crippen molar-refractivity contribution in [2.45, 2.75) is 70.9 Å². The van der Waals surface area contributed by atoms with E-state index < -0.39 is 11.9 Å². The summed E-state index contributed by atoms with van der Waals surface area (Å²) in [4.78, 5) is 29.8. The molecule has 0 spiro atoms. The van der Waals surface area contributed by atoms with Crippen LogP contribution in [0.3, 0.4) is 0 Å². The van der Waals surface area contributed by atoms with Crippen molar-refractivity contribution in [3.05, 3.63) is 40.7 Å². The topological polar surface area (TPSA) is 139 Å². The van der Waals surface area contributed by atoms with E-state index in [1.807, 2.05) is 12.1 Å². The Morgan fingerprint density at radius 2 is 1.95 bits per heavy atom. The summed E-state index contributed by atoms with van der Waals surface area (Å²) in [6.45, 7) is 11.7. The third-order valence-corrected chi connectivity index (χ3v) is 9.72. The Morgan fingerprint density at radius 1 is 1.23 bits per heavy atom. The average Bonchev–Trinajstić information content (AvgIpc) is 2.97. The van der Waals surface area contributed by atoms with E-state index in [0.717, 1.165) is 55.9 Å². The summed E-state index contributed by atoms with van der Waals surface area (Å²) in [6, 6.07) is 8.12. The van der Waals surface area contributed by atoms with E-state index >= 15 is 0 Å². The number of morpholine rings is 1. The van der Waals surface area contributed by atoms with E-state index in [1.54, 1.807) is 0 Å². The van der Waals surface area contributed by atoms with Crippen LogP contribution in [0.15, 0.2) is 29.3 Å². The van der Waals surface area contributed by atoms with Gasteiger partial charge in [-0.1, -0.05) is 49.9 Å². The van der Waals surface area contributed by atoms with Crippen molar-refractivity contribution in [2.75, 3.05) is 43.2 Å². The molecule has 2 saturated carbocycles. The number of hydrogen-bond acceptors (Lipinski definition) is 9. The van der Waals surface area contributed by atoms with E-state index in [0.29, 0.717) is 48.4 Å². The zero-order chi connectivity index (χ0) is 31.2. The Kier molecular flexibility index (Phi) is 10.7. The molecule has 3 fully saturated rings. The van der Waals surface area contributed by atoms with Gasteiger partial charge in [-0.05, 0) is 74.8 Å². The number of hydrogen-bond donors (Lipinski definition) is 4. The third-order valence-electron chi connectivity index (χ3n) is 9.47. The lowest BCUT2D eigenvalue weighted by atomic mass is 9.80. The number of carboxylic acid groups (broad SMARTS) is 1. The van der Waals surface area contributed by atoms with Crippen molar-refractivity contribution in [3.8, 4) is 0 Å². The molecule has 238 valence electrons. The molecule has 1 unspecified atom stereocenters. The van der Waals surface area contributed by atoms with Crippen molar-refractivity contribution in [2.24, 2.45) is 22.7 Å². The molecule has 2 atom stereocenters. The smallest absolute Gasteiger partial charge is 0.410 e. The van der Waals surface area contributed by atoms with Gasteiger partial charge in [-0.15, -0.1) is 0 Å². The highest BCUT2D eigenvalue weighted by Crippen LogP contribution is 2.40. The first-order valence-corrected chi connectivity index (χ1v) is 16.2. The summed E-state index contributed by atoms with van der Waals surface area (Å²) < 4.78 is 5.95. The number of aromatic nitrogens is 2. The molecule has 4 N–H and O–H groups in total. The van der Waals surface area contributed by atoms with Gasteiger partial charge >= 0.3 is 6.09 Å². The Hall–Kier alpha value is -3.28. The van der Waals surface area contributed by atoms with Crippen LogP contribution in [0.1, 0.15) is 76.2 Å². The van der Waals surface area contributed by atoms with Gasteiger partial charge in [0.05, 0.1) is 25.9 Å². The fourth-order valence-electron chi connectivity index (χ4n) is 6.55. The van der Waals surface area contributed by atoms with Gasteiger partial charge in [0.1, 0.15) is 5.69 Å². The van der Waals surface area contributed by atoms with Crippen molar-refractivity contribution >= 4 is 47.6 Å². The molecular formula is C32H45ClN8O3. The number of ether oxygens (including phenoxy) is 1. The van der Waals surface area contributed by atoms with Crippen LogP contribution in [-0.4, -0.2) is 77.6 Å². The number of aliphatic imine (C=N–C) groups is 1. The van der Waals surface area contributed by atoms with E-state index in [4.69, 9.17) is 26.7 Å². The number of rotatable bonds is 11. The molecule has 2 aromatic rings. The maximum Gasteiger partial charge on any atom is 0.410 e. The first-order chi connectivity index (χ1) is 21.2. The van der Waals surface area contributed by atoms with E-state index in [2.05, 4.69) is 63.1 Å². The molecule has 1 aromatic carbocycles. The van der Waals surface area contributed by atoms with Gasteiger partial charge in [-0.3, -0.25) is 15.6 Å². The quantitative estimate of drug-likeness (QED) is 0.168. The molecule has 1 saturated heterocycles. The van der Waals surface area contributed by atoms with Gasteiger partial charge < -0.3 is 20.1 Å². The molecule has 2 aliphatic carbocycles. The van der Waals surface area contributed by atoms with Gasteiger partial charge in [-0.2, -0.15) is 0 Å². The summed E-state index contributed by atoms with van der Waals surface area (Å²) in [5.41, 5.74) is 1.87. The van der Waals surface area contributed by atoms with Crippen LogP contribution < -0.4 is 15.5 Å². The lowest BCUT2D eigenvalue weighted by Gasteiger charge is -2.42. The van der Waals surface area contributed by atoms with Gasteiger partial charge in [-0.25, -0.2) is 19.8 Å². The predicted molar refractivity (Wildman–Crippen MR) is 175 cm³/mol. The molecule has 5 rings (SSSR count). The number of nitrogens with zero attached hydrogens (tertiary/aromatic N) is 5. The largest absolute Gasteiger partial charge is 0.465 e. The summed E-state index contributed by atoms with van der Waals surface area (Å²) in [6.07, 6.45) is 6.84. The standard InChI is InChI=1S/C32H45ClN8O3/c1-20-7-9-22(10-8-20)17-41(19-40-15-16-44-18-26(40)24-11-13-25(33)14-12-24)27-29(35-3)38-31(28(34)37-32(42)43)39-30(27)36-21(2)23-5-4-6-23/h11-14,20-23,26H,3-10,15-19H2,1-2H3,(H2,34,37)(H,42,43)(H,36,38,39)/t20?,21-,22?,26?/m1/s1. The summed E-state index contributed by atoms with van der Waals surface area (Å²) >= 11 is 6.22. The van der Waals surface area contributed by atoms with Gasteiger partial charge in [0, 0.05) is 24.2 Å². The first-order valence-electron chi connectivity index (χ1n) is 15.8. The van der Waals surface area contributed by atoms with Crippen molar-refractivity contribution < 1.29 is 14.6 Å². The van der Waals surface area contributed by atoms with E-state index in [-0.39, 0.29) is 17.9 Å². The maximum absolute atomic E-state index is 11.4. The highest BCUT2D eigenvalue weighted by atomic mass is 35.5. The number of anilines is 2. The Balaban J connectivity index is 1.55. The second-order valence-corrected chi connectivity index (χ2v) is 13.0. The van der Waals surface area contributed by atoms with Crippen molar-refractivity contribution in [1.82, 2.24) is 20.2 Å². The van der Waals surface area contributed by atoms with Crippen LogP contribution in [0.4, 0.5) is 22.1 Å². The van der Waals surface area contributed by atoms with Gasteiger partial charge in [0.25, 0.3) is 0 Å². The van der Waals surface area contributed by atoms with Crippen LogP contribution in [0.5, 0.6) is 0 Å². The summed E-state index contributed by atoms with van der Waals surface area (Å²) in [7, 11) is 0. The molecule has 2 heterocycles. The minimum absolute atomic E-state index is 0.0356. The lowest BCUT2D eigenvalue weighted by Crippen LogP contribution is -2.48. The van der Waals surface area contributed by atoms with Gasteiger partial charge in [0.2, 0.25) is 0 Å². The monoisotopic (exact) mass is 624 g/mol. The molecule has 44 heavy (non-hydrogen) atoms. The number of amides is 1. The second kappa shape index (κ2) is 14.7. The number of benzene rings is 1. The van der Waals surface area contributed by atoms with Crippen LogP contribution in [0.2, 0.25) is 5.02 Å². The van der Waals surface area contributed by atoms with Crippen LogP contribution in [-0.2, 0) is 4.74 Å². The predicted octanol–water partition coefficient (Wildman–Crippen LogP) is 6.32. The molecule has 0 radical (unpaired) electrons. The Bertz CT molecular complexity index is 1310. The molecule has 3 aliphatic rings. The molecule has 1 amide bonds. The minimum atomic E-state index is -1.35. The minimum Gasteiger partial charge on any atom is -0.465 e. The molecular weight excluding hydrogens is 580 g/mol. The maximum atomic E-state index is 11.4. The van der Waals surface area contributed by atoms with E-state index in [9.17, 15) is 9.90 Å². The third kappa shape index (κ3) is 7.86. The second-order valence-electron chi connectivity index (χ2n) is 12.6. The number of halogens is 1. The Morgan fingerprint density at radius 3 is 2.59 bits per heavy atom. The molecule has 0 bridgehead atoms. The molecule has 1 aliphatic heterocycles. The zero-order valence-electron chi connectivity index (χ0n) is 25.8. The van der Waals surface area contributed by atoms with Crippen LogP contribution in [0, 0.1) is 23.2 Å². The van der Waals surface area contributed by atoms with E-state index in [1.165, 1.54) is 19.3 Å².